The summed E-state index contributed by atoms with van der Waals surface area (Å²) in [5, 5.41) is 0. The third kappa shape index (κ3) is 3.85. The molecule has 1 heterocycles. The molecule has 0 atom stereocenters. The van der Waals surface area contributed by atoms with Gasteiger partial charge in [-0.25, -0.2) is 4.79 Å². The van der Waals surface area contributed by atoms with Crippen molar-refractivity contribution in [1.82, 2.24) is 4.90 Å². The molecule has 0 saturated heterocycles. The van der Waals surface area contributed by atoms with Crippen molar-refractivity contribution in [3.8, 4) is 0 Å². The van der Waals surface area contributed by atoms with Crippen molar-refractivity contribution in [3.05, 3.63) is 42.0 Å². The minimum absolute atomic E-state index is 0.184. The standard InChI is InChI=1S/C16H21NO2/c1-2-3-13-19-16(18)17-11-9-15(10-12-17)14-7-5-4-6-8-14/h4-9H,2-3,10-13H2,1H3. The summed E-state index contributed by atoms with van der Waals surface area (Å²) >= 11 is 0. The summed E-state index contributed by atoms with van der Waals surface area (Å²) < 4.78 is 5.22. The summed E-state index contributed by atoms with van der Waals surface area (Å²) in [5.41, 5.74) is 2.57. The molecule has 1 aliphatic rings. The van der Waals surface area contributed by atoms with Crippen LogP contribution in [-0.4, -0.2) is 30.7 Å². The summed E-state index contributed by atoms with van der Waals surface area (Å²) in [6.45, 7) is 4.01. The largest absolute Gasteiger partial charge is 0.449 e. The van der Waals surface area contributed by atoms with E-state index in [0.29, 0.717) is 13.2 Å². The van der Waals surface area contributed by atoms with Crippen molar-refractivity contribution in [2.24, 2.45) is 0 Å². The molecular weight excluding hydrogens is 238 g/mol. The number of rotatable bonds is 4. The summed E-state index contributed by atoms with van der Waals surface area (Å²) in [4.78, 5) is 13.6. The average molecular weight is 259 g/mol. The van der Waals surface area contributed by atoms with E-state index in [2.05, 4.69) is 25.1 Å². The number of carbonyl (C=O) groups is 1. The van der Waals surface area contributed by atoms with E-state index < -0.39 is 0 Å². The molecule has 1 aromatic rings. The van der Waals surface area contributed by atoms with E-state index in [1.54, 1.807) is 4.90 Å². The Balaban J connectivity index is 1.87. The Morgan fingerprint density at radius 1 is 1.32 bits per heavy atom. The Morgan fingerprint density at radius 3 is 2.74 bits per heavy atom. The Labute approximate surface area is 114 Å². The number of nitrogens with zero attached hydrogens (tertiary/aromatic N) is 1. The van der Waals surface area contributed by atoms with Crippen LogP contribution in [0.5, 0.6) is 0 Å². The average Bonchev–Trinajstić information content (AvgIpc) is 2.48. The fourth-order valence-electron chi connectivity index (χ4n) is 2.14. The predicted octanol–water partition coefficient (Wildman–Crippen LogP) is 3.71. The van der Waals surface area contributed by atoms with E-state index in [0.717, 1.165) is 25.8 Å². The highest BCUT2D eigenvalue weighted by molar-refractivity contribution is 5.72. The second kappa shape index (κ2) is 6.98. The smallest absolute Gasteiger partial charge is 0.410 e. The molecule has 0 fully saturated rings. The molecule has 19 heavy (non-hydrogen) atoms. The van der Waals surface area contributed by atoms with Gasteiger partial charge in [0.25, 0.3) is 0 Å². The first-order valence-corrected chi connectivity index (χ1v) is 6.97. The van der Waals surface area contributed by atoms with Gasteiger partial charge in [-0.1, -0.05) is 49.8 Å². The molecule has 0 aromatic heterocycles. The van der Waals surface area contributed by atoms with E-state index in [1.165, 1.54) is 11.1 Å². The molecule has 0 saturated carbocycles. The molecule has 1 aliphatic heterocycles. The van der Waals surface area contributed by atoms with Crippen LogP contribution in [0.1, 0.15) is 31.7 Å². The minimum atomic E-state index is -0.184. The minimum Gasteiger partial charge on any atom is -0.449 e. The molecule has 102 valence electrons. The maximum atomic E-state index is 11.8. The molecule has 0 N–H and O–H groups in total. The van der Waals surface area contributed by atoms with Crippen molar-refractivity contribution >= 4 is 11.7 Å². The van der Waals surface area contributed by atoms with Gasteiger partial charge in [-0.15, -0.1) is 0 Å². The number of amides is 1. The fourth-order valence-corrected chi connectivity index (χ4v) is 2.14. The molecular formula is C16H21NO2. The van der Waals surface area contributed by atoms with Crippen LogP contribution >= 0.6 is 0 Å². The second-order valence-electron chi connectivity index (χ2n) is 4.76. The van der Waals surface area contributed by atoms with E-state index >= 15 is 0 Å². The molecule has 3 nitrogen and oxygen atoms in total. The van der Waals surface area contributed by atoms with Crippen LogP contribution < -0.4 is 0 Å². The number of ether oxygens (including phenoxy) is 1. The van der Waals surface area contributed by atoms with Gasteiger partial charge in [0.1, 0.15) is 0 Å². The molecule has 2 rings (SSSR count). The van der Waals surface area contributed by atoms with Gasteiger partial charge < -0.3 is 9.64 Å². The zero-order chi connectivity index (χ0) is 13.5. The van der Waals surface area contributed by atoms with Gasteiger partial charge in [-0.2, -0.15) is 0 Å². The molecule has 3 heteroatoms. The number of carbonyl (C=O) groups excluding carboxylic acids is 1. The lowest BCUT2D eigenvalue weighted by molar-refractivity contribution is 0.105. The highest BCUT2D eigenvalue weighted by Gasteiger charge is 2.18. The van der Waals surface area contributed by atoms with E-state index in [9.17, 15) is 4.79 Å². The second-order valence-corrected chi connectivity index (χ2v) is 4.76. The fraction of sp³-hybridized carbons (Fsp3) is 0.438. The van der Waals surface area contributed by atoms with Crippen molar-refractivity contribution in [2.45, 2.75) is 26.2 Å². The maximum Gasteiger partial charge on any atom is 0.410 e. The van der Waals surface area contributed by atoms with Gasteiger partial charge in [-0.05, 0) is 24.0 Å². The summed E-state index contributed by atoms with van der Waals surface area (Å²) in [5.74, 6) is 0. The van der Waals surface area contributed by atoms with E-state index in [-0.39, 0.29) is 6.09 Å². The Hall–Kier alpha value is -1.77. The predicted molar refractivity (Wildman–Crippen MR) is 76.9 cm³/mol. The Bertz CT molecular complexity index is 439. The van der Waals surface area contributed by atoms with Crippen LogP contribution in [-0.2, 0) is 4.74 Å². The first-order chi connectivity index (χ1) is 9.31. The highest BCUT2D eigenvalue weighted by Crippen LogP contribution is 2.22. The molecule has 0 bridgehead atoms. The molecule has 1 amide bonds. The van der Waals surface area contributed by atoms with Gasteiger partial charge in [0, 0.05) is 13.1 Å². The first-order valence-electron chi connectivity index (χ1n) is 6.97. The lowest BCUT2D eigenvalue weighted by atomic mass is 10.00. The number of hydrogen-bond acceptors (Lipinski definition) is 2. The van der Waals surface area contributed by atoms with Crippen LogP contribution in [0.2, 0.25) is 0 Å². The van der Waals surface area contributed by atoms with Crippen LogP contribution in [0.3, 0.4) is 0 Å². The van der Waals surface area contributed by atoms with Gasteiger partial charge in [0.15, 0.2) is 0 Å². The van der Waals surface area contributed by atoms with Gasteiger partial charge in [0.2, 0.25) is 0 Å². The van der Waals surface area contributed by atoms with Crippen LogP contribution in [0.15, 0.2) is 36.4 Å². The third-order valence-electron chi connectivity index (χ3n) is 3.34. The van der Waals surface area contributed by atoms with Crippen LogP contribution in [0.25, 0.3) is 5.57 Å². The number of hydrogen-bond donors (Lipinski definition) is 0. The maximum absolute atomic E-state index is 11.8. The Morgan fingerprint density at radius 2 is 2.11 bits per heavy atom. The Kier molecular flexibility index (Phi) is 5.01. The molecule has 1 aromatic carbocycles. The number of benzene rings is 1. The lowest BCUT2D eigenvalue weighted by Crippen LogP contribution is -2.35. The van der Waals surface area contributed by atoms with Crippen LogP contribution in [0.4, 0.5) is 4.79 Å². The zero-order valence-electron chi connectivity index (χ0n) is 11.5. The van der Waals surface area contributed by atoms with Crippen molar-refractivity contribution < 1.29 is 9.53 Å². The van der Waals surface area contributed by atoms with Gasteiger partial charge in [-0.3, -0.25) is 0 Å². The van der Waals surface area contributed by atoms with Crippen molar-refractivity contribution in [2.75, 3.05) is 19.7 Å². The van der Waals surface area contributed by atoms with Gasteiger partial charge >= 0.3 is 6.09 Å². The zero-order valence-corrected chi connectivity index (χ0v) is 11.5. The lowest BCUT2D eigenvalue weighted by Gasteiger charge is -2.26. The molecule has 0 aliphatic carbocycles. The van der Waals surface area contributed by atoms with Crippen molar-refractivity contribution in [1.29, 1.82) is 0 Å². The number of unbranched alkanes of at least 4 members (excludes halogenated alkanes) is 1. The molecule has 0 radical (unpaired) electrons. The van der Waals surface area contributed by atoms with Crippen LogP contribution in [0, 0.1) is 0 Å². The van der Waals surface area contributed by atoms with E-state index in [1.807, 2.05) is 18.2 Å². The topological polar surface area (TPSA) is 29.5 Å². The normalized spacial score (nSPS) is 15.0. The SMILES string of the molecule is CCCCOC(=O)N1CC=C(c2ccccc2)CC1. The van der Waals surface area contributed by atoms with Crippen molar-refractivity contribution in [3.63, 3.8) is 0 Å². The van der Waals surface area contributed by atoms with Gasteiger partial charge in [0.05, 0.1) is 6.61 Å². The summed E-state index contributed by atoms with van der Waals surface area (Å²) in [6, 6.07) is 10.3. The summed E-state index contributed by atoms with van der Waals surface area (Å²) in [7, 11) is 0. The molecule has 0 unspecified atom stereocenters. The quantitative estimate of drug-likeness (QED) is 0.771. The monoisotopic (exact) mass is 259 g/mol. The third-order valence-corrected chi connectivity index (χ3v) is 3.34. The molecule has 0 spiro atoms. The summed E-state index contributed by atoms with van der Waals surface area (Å²) in [6.07, 6.45) is 4.82. The highest BCUT2D eigenvalue weighted by atomic mass is 16.6. The first kappa shape index (κ1) is 13.7. The van der Waals surface area contributed by atoms with E-state index in [4.69, 9.17) is 4.74 Å².